The number of benzene rings is 1. The molecule has 2 aliphatic rings. The van der Waals surface area contributed by atoms with E-state index in [4.69, 9.17) is 4.74 Å². The standard InChI is InChI=1S/C19H26F2N2O3/c1-13(24)23-11-15(25)9-19(12-23)5-7-22(8-6-19)10-14-3-4-16(26-2)18(21)17(14)20/h3-4,15,25H,5-12H2,1-2H3. The molecule has 0 saturated carbocycles. The Morgan fingerprint density at radius 3 is 2.62 bits per heavy atom. The summed E-state index contributed by atoms with van der Waals surface area (Å²) < 4.78 is 32.9. The number of likely N-dealkylation sites (tertiary alicyclic amines) is 2. The van der Waals surface area contributed by atoms with Crippen LogP contribution in [0.5, 0.6) is 5.75 Å². The van der Waals surface area contributed by atoms with E-state index < -0.39 is 17.7 Å². The van der Waals surface area contributed by atoms with Gasteiger partial charge in [0.2, 0.25) is 11.7 Å². The largest absolute Gasteiger partial charge is 0.494 e. The van der Waals surface area contributed by atoms with Gasteiger partial charge in [-0.05, 0) is 43.8 Å². The summed E-state index contributed by atoms with van der Waals surface area (Å²) in [5.41, 5.74) is 0.233. The van der Waals surface area contributed by atoms with Crippen molar-refractivity contribution >= 4 is 5.91 Å². The molecule has 1 N–H and O–H groups in total. The molecule has 1 spiro atoms. The molecule has 1 aromatic rings. The van der Waals surface area contributed by atoms with Crippen LogP contribution in [0.25, 0.3) is 0 Å². The van der Waals surface area contributed by atoms with Gasteiger partial charge in [-0.2, -0.15) is 4.39 Å². The molecule has 0 aromatic heterocycles. The van der Waals surface area contributed by atoms with Crippen LogP contribution in [-0.2, 0) is 11.3 Å². The van der Waals surface area contributed by atoms with E-state index in [9.17, 15) is 18.7 Å². The number of nitrogens with zero attached hydrogens (tertiary/aromatic N) is 2. The van der Waals surface area contributed by atoms with Crippen LogP contribution >= 0.6 is 0 Å². The Kier molecular flexibility index (Phi) is 5.48. The van der Waals surface area contributed by atoms with E-state index in [1.165, 1.54) is 20.1 Å². The molecule has 0 bridgehead atoms. The van der Waals surface area contributed by atoms with Crippen molar-refractivity contribution in [2.75, 3.05) is 33.3 Å². The van der Waals surface area contributed by atoms with Crippen LogP contribution < -0.4 is 4.74 Å². The van der Waals surface area contributed by atoms with Crippen molar-refractivity contribution < 1.29 is 23.4 Å². The van der Waals surface area contributed by atoms with Crippen molar-refractivity contribution in [2.24, 2.45) is 5.41 Å². The third-order valence-electron chi connectivity index (χ3n) is 5.73. The van der Waals surface area contributed by atoms with Gasteiger partial charge in [-0.15, -0.1) is 0 Å². The second-order valence-corrected chi connectivity index (χ2v) is 7.59. The average Bonchev–Trinajstić information content (AvgIpc) is 2.60. The number of halogens is 2. The Morgan fingerprint density at radius 2 is 2.00 bits per heavy atom. The molecule has 1 atom stereocenters. The van der Waals surface area contributed by atoms with Crippen molar-refractivity contribution in [1.82, 2.24) is 9.80 Å². The molecular formula is C19H26F2N2O3. The molecule has 26 heavy (non-hydrogen) atoms. The zero-order valence-corrected chi connectivity index (χ0v) is 15.3. The Morgan fingerprint density at radius 1 is 1.31 bits per heavy atom. The first kappa shape index (κ1) is 19.0. The van der Waals surface area contributed by atoms with Crippen LogP contribution in [0.1, 0.15) is 31.7 Å². The van der Waals surface area contributed by atoms with E-state index in [1.807, 2.05) is 0 Å². The molecule has 1 aromatic carbocycles. The number of hydrogen-bond donors (Lipinski definition) is 1. The predicted octanol–water partition coefficient (Wildman–Crippen LogP) is 2.17. The number of ether oxygens (including phenoxy) is 1. The molecule has 5 nitrogen and oxygen atoms in total. The van der Waals surface area contributed by atoms with Crippen molar-refractivity contribution in [2.45, 2.75) is 38.8 Å². The number of aliphatic hydroxyl groups excluding tert-OH is 1. The molecular weight excluding hydrogens is 342 g/mol. The predicted molar refractivity (Wildman–Crippen MR) is 92.7 cm³/mol. The van der Waals surface area contributed by atoms with Crippen molar-refractivity contribution in [1.29, 1.82) is 0 Å². The number of carbonyl (C=O) groups is 1. The molecule has 2 saturated heterocycles. The molecule has 3 rings (SSSR count). The summed E-state index contributed by atoms with van der Waals surface area (Å²) >= 11 is 0. The minimum absolute atomic E-state index is 0.0127. The van der Waals surface area contributed by atoms with Crippen LogP contribution in [0.3, 0.4) is 0 Å². The Labute approximate surface area is 152 Å². The van der Waals surface area contributed by atoms with Gasteiger partial charge in [0, 0.05) is 32.1 Å². The number of rotatable bonds is 3. The summed E-state index contributed by atoms with van der Waals surface area (Å²) in [6, 6.07) is 3.00. The van der Waals surface area contributed by atoms with Crippen molar-refractivity contribution in [3.8, 4) is 5.75 Å². The summed E-state index contributed by atoms with van der Waals surface area (Å²) in [6.07, 6.45) is 1.85. The Bertz CT molecular complexity index is 675. The van der Waals surface area contributed by atoms with Gasteiger partial charge in [-0.1, -0.05) is 6.07 Å². The summed E-state index contributed by atoms with van der Waals surface area (Å²) in [5.74, 6) is -1.92. The second-order valence-electron chi connectivity index (χ2n) is 7.59. The van der Waals surface area contributed by atoms with Crippen LogP contribution in [0.15, 0.2) is 12.1 Å². The van der Waals surface area contributed by atoms with Gasteiger partial charge in [-0.3, -0.25) is 9.69 Å². The molecule has 1 unspecified atom stereocenters. The van der Waals surface area contributed by atoms with Gasteiger partial charge in [0.05, 0.1) is 13.2 Å². The number of carbonyl (C=O) groups excluding carboxylic acids is 1. The van der Waals surface area contributed by atoms with Gasteiger partial charge < -0.3 is 14.7 Å². The van der Waals surface area contributed by atoms with E-state index in [0.717, 1.165) is 25.9 Å². The third kappa shape index (κ3) is 3.83. The van der Waals surface area contributed by atoms with Gasteiger partial charge in [0.25, 0.3) is 0 Å². The van der Waals surface area contributed by atoms with Crippen LogP contribution in [-0.4, -0.2) is 60.2 Å². The number of β-amino-alcohol motifs (C(OH)–C–C–N with tert-alkyl or cyclic N) is 1. The Hall–Kier alpha value is -1.73. The molecule has 2 heterocycles. The molecule has 1 amide bonds. The number of piperidine rings is 2. The van der Waals surface area contributed by atoms with Crippen LogP contribution in [0.2, 0.25) is 0 Å². The first-order valence-electron chi connectivity index (χ1n) is 9.00. The van der Waals surface area contributed by atoms with Crippen LogP contribution in [0.4, 0.5) is 8.78 Å². The minimum atomic E-state index is -0.953. The van der Waals surface area contributed by atoms with Gasteiger partial charge in [0.15, 0.2) is 11.6 Å². The van der Waals surface area contributed by atoms with Gasteiger partial charge in [-0.25, -0.2) is 4.39 Å². The first-order chi connectivity index (χ1) is 12.3. The number of aliphatic hydroxyl groups is 1. The highest BCUT2D eigenvalue weighted by atomic mass is 19.2. The SMILES string of the molecule is COc1ccc(CN2CCC3(CC2)CC(O)CN(C(C)=O)C3)c(F)c1F. The fourth-order valence-corrected chi connectivity index (χ4v) is 4.23. The summed E-state index contributed by atoms with van der Waals surface area (Å²) in [4.78, 5) is 15.5. The average molecular weight is 368 g/mol. The fourth-order valence-electron chi connectivity index (χ4n) is 4.23. The van der Waals surface area contributed by atoms with E-state index in [-0.39, 0.29) is 17.1 Å². The summed E-state index contributed by atoms with van der Waals surface area (Å²) in [6.45, 7) is 4.39. The summed E-state index contributed by atoms with van der Waals surface area (Å²) in [5, 5.41) is 10.2. The first-order valence-corrected chi connectivity index (χ1v) is 9.00. The quantitative estimate of drug-likeness (QED) is 0.889. The van der Waals surface area contributed by atoms with E-state index in [2.05, 4.69) is 4.90 Å². The zero-order chi connectivity index (χ0) is 18.9. The molecule has 2 aliphatic heterocycles. The lowest BCUT2D eigenvalue weighted by Crippen LogP contribution is -2.54. The Balaban J connectivity index is 1.64. The number of amides is 1. The highest BCUT2D eigenvalue weighted by Gasteiger charge is 2.42. The highest BCUT2D eigenvalue weighted by molar-refractivity contribution is 5.73. The van der Waals surface area contributed by atoms with Crippen LogP contribution in [0, 0.1) is 17.0 Å². The van der Waals surface area contributed by atoms with Gasteiger partial charge in [0.1, 0.15) is 0 Å². The van der Waals surface area contributed by atoms with E-state index in [1.54, 1.807) is 11.0 Å². The maximum absolute atomic E-state index is 14.2. The maximum Gasteiger partial charge on any atom is 0.219 e. The van der Waals surface area contributed by atoms with E-state index in [0.29, 0.717) is 31.6 Å². The zero-order valence-electron chi connectivity index (χ0n) is 15.3. The smallest absolute Gasteiger partial charge is 0.219 e. The topological polar surface area (TPSA) is 53.0 Å². The minimum Gasteiger partial charge on any atom is -0.494 e. The molecule has 0 radical (unpaired) electrons. The molecule has 2 fully saturated rings. The lowest BCUT2D eigenvalue weighted by Gasteiger charge is -2.49. The lowest BCUT2D eigenvalue weighted by molar-refractivity contribution is -0.138. The highest BCUT2D eigenvalue weighted by Crippen LogP contribution is 2.40. The molecule has 7 heteroatoms. The van der Waals surface area contributed by atoms with Crippen molar-refractivity contribution in [3.05, 3.63) is 29.3 Å². The maximum atomic E-state index is 14.2. The monoisotopic (exact) mass is 368 g/mol. The second kappa shape index (κ2) is 7.48. The van der Waals surface area contributed by atoms with Crippen molar-refractivity contribution in [3.63, 3.8) is 0 Å². The molecule has 0 aliphatic carbocycles. The van der Waals surface area contributed by atoms with E-state index >= 15 is 0 Å². The van der Waals surface area contributed by atoms with Gasteiger partial charge >= 0.3 is 0 Å². The summed E-state index contributed by atoms with van der Waals surface area (Å²) in [7, 11) is 1.31. The lowest BCUT2D eigenvalue weighted by atomic mass is 9.71. The third-order valence-corrected chi connectivity index (χ3v) is 5.73. The number of hydrogen-bond acceptors (Lipinski definition) is 4. The fraction of sp³-hybridized carbons (Fsp3) is 0.632. The molecule has 144 valence electrons. The number of methoxy groups -OCH3 is 1. The normalized spacial score (nSPS) is 23.3.